The summed E-state index contributed by atoms with van der Waals surface area (Å²) in [6.07, 6.45) is 10.4. The van der Waals surface area contributed by atoms with Crippen molar-refractivity contribution >= 4 is 22.0 Å². The summed E-state index contributed by atoms with van der Waals surface area (Å²) in [5.41, 5.74) is 0. The Kier molecular flexibility index (Phi) is 20.2. The van der Waals surface area contributed by atoms with Gasteiger partial charge < -0.3 is 20.3 Å². The van der Waals surface area contributed by atoms with Gasteiger partial charge in [0.05, 0.1) is 24.4 Å². The standard InChI is InChI=1S/C25H49NO8S/c1-3-5-8-12-21(27)13-9-7-10-14-22(28)15-11-16-23(34-25(30)17-6-4-2)20-24(29)26-18-19-35(31,32)33/h21-23,27-28H,3-20H2,1-2H3,(H,26,29)(H,31,32,33)/t21-,22+,23+/m0/s1. The number of aliphatic hydroxyl groups is 2. The van der Waals surface area contributed by atoms with E-state index in [-0.39, 0.29) is 31.5 Å². The molecular weight excluding hydrogens is 474 g/mol. The number of aliphatic hydroxyl groups excluding tert-OH is 2. The minimum Gasteiger partial charge on any atom is -0.462 e. The van der Waals surface area contributed by atoms with E-state index in [1.807, 2.05) is 6.92 Å². The second-order valence-corrected chi connectivity index (χ2v) is 11.0. The van der Waals surface area contributed by atoms with Crippen LogP contribution in [0.25, 0.3) is 0 Å². The van der Waals surface area contributed by atoms with Crippen LogP contribution in [0.5, 0.6) is 0 Å². The molecule has 35 heavy (non-hydrogen) atoms. The Hall–Kier alpha value is -1.23. The van der Waals surface area contributed by atoms with Gasteiger partial charge in [0.25, 0.3) is 10.1 Å². The van der Waals surface area contributed by atoms with Gasteiger partial charge in [-0.2, -0.15) is 8.42 Å². The van der Waals surface area contributed by atoms with Crippen molar-refractivity contribution in [3.8, 4) is 0 Å². The molecule has 0 unspecified atom stereocenters. The molecule has 0 aliphatic rings. The van der Waals surface area contributed by atoms with E-state index in [0.29, 0.717) is 32.1 Å². The SMILES string of the molecule is CCCCC[C@H](O)CCCCC[C@@H](O)CCC[C@H](CC(=O)NCCS(=O)(=O)O)OC(=O)CCCC. The molecule has 4 N–H and O–H groups in total. The molecule has 10 heteroatoms. The third-order valence-corrected chi connectivity index (χ3v) is 6.63. The highest BCUT2D eigenvalue weighted by Gasteiger charge is 2.19. The summed E-state index contributed by atoms with van der Waals surface area (Å²) in [4.78, 5) is 24.1. The lowest BCUT2D eigenvalue weighted by atomic mass is 10.0. The Morgan fingerprint density at radius 2 is 1.34 bits per heavy atom. The first kappa shape index (κ1) is 33.8. The number of ether oxygens (including phenoxy) is 1. The number of nitrogens with one attached hydrogen (secondary N) is 1. The van der Waals surface area contributed by atoms with Crippen LogP contribution in [0.1, 0.15) is 117 Å². The van der Waals surface area contributed by atoms with Crippen LogP contribution in [0.15, 0.2) is 0 Å². The number of carbonyl (C=O) groups is 2. The number of esters is 1. The van der Waals surface area contributed by atoms with Crippen molar-refractivity contribution in [2.24, 2.45) is 0 Å². The normalized spacial score (nSPS) is 14.3. The average molecular weight is 524 g/mol. The van der Waals surface area contributed by atoms with E-state index in [4.69, 9.17) is 9.29 Å². The quantitative estimate of drug-likeness (QED) is 0.0894. The summed E-state index contributed by atoms with van der Waals surface area (Å²) < 4.78 is 35.8. The topological polar surface area (TPSA) is 150 Å². The Labute approximate surface area is 212 Å². The second-order valence-electron chi connectivity index (χ2n) is 9.43. The summed E-state index contributed by atoms with van der Waals surface area (Å²) in [6.45, 7) is 3.89. The van der Waals surface area contributed by atoms with E-state index in [1.165, 1.54) is 0 Å². The van der Waals surface area contributed by atoms with Gasteiger partial charge in [-0.15, -0.1) is 0 Å². The molecule has 9 nitrogen and oxygen atoms in total. The van der Waals surface area contributed by atoms with Crippen LogP contribution in [0, 0.1) is 0 Å². The van der Waals surface area contributed by atoms with Gasteiger partial charge in [0.1, 0.15) is 6.10 Å². The van der Waals surface area contributed by atoms with Crippen LogP contribution in [0.4, 0.5) is 0 Å². The molecular formula is C25H49NO8S. The van der Waals surface area contributed by atoms with Gasteiger partial charge in [-0.1, -0.05) is 58.8 Å². The lowest BCUT2D eigenvalue weighted by molar-refractivity contribution is -0.151. The molecule has 0 saturated heterocycles. The van der Waals surface area contributed by atoms with E-state index in [1.54, 1.807) is 0 Å². The molecule has 0 aromatic carbocycles. The highest BCUT2D eigenvalue weighted by molar-refractivity contribution is 7.85. The fourth-order valence-corrected chi connectivity index (χ4v) is 4.16. The monoisotopic (exact) mass is 523 g/mol. The second kappa shape index (κ2) is 20.9. The number of hydrogen-bond donors (Lipinski definition) is 4. The number of rotatable bonds is 23. The van der Waals surface area contributed by atoms with Crippen LogP contribution in [0.3, 0.4) is 0 Å². The van der Waals surface area contributed by atoms with Crippen LogP contribution >= 0.6 is 0 Å². The maximum absolute atomic E-state index is 12.1. The van der Waals surface area contributed by atoms with Gasteiger partial charge in [-0.25, -0.2) is 0 Å². The summed E-state index contributed by atoms with van der Waals surface area (Å²) in [5, 5.41) is 22.6. The van der Waals surface area contributed by atoms with Crippen molar-refractivity contribution in [1.82, 2.24) is 5.32 Å². The molecule has 0 aliphatic carbocycles. The van der Waals surface area contributed by atoms with Crippen LogP contribution < -0.4 is 5.32 Å². The third kappa shape index (κ3) is 22.9. The maximum Gasteiger partial charge on any atom is 0.306 e. The zero-order valence-corrected chi connectivity index (χ0v) is 22.6. The molecule has 0 aliphatic heterocycles. The van der Waals surface area contributed by atoms with Crippen molar-refractivity contribution in [2.45, 2.75) is 135 Å². The van der Waals surface area contributed by atoms with E-state index < -0.39 is 34.0 Å². The fraction of sp³-hybridized carbons (Fsp3) is 0.920. The predicted molar refractivity (Wildman–Crippen MR) is 137 cm³/mol. The smallest absolute Gasteiger partial charge is 0.306 e. The highest BCUT2D eigenvalue weighted by Crippen LogP contribution is 2.17. The minimum atomic E-state index is -4.16. The van der Waals surface area contributed by atoms with Crippen LogP contribution in [-0.2, 0) is 24.4 Å². The van der Waals surface area contributed by atoms with Gasteiger partial charge in [0, 0.05) is 13.0 Å². The summed E-state index contributed by atoms with van der Waals surface area (Å²) >= 11 is 0. The number of carbonyl (C=O) groups excluding carboxylic acids is 2. The fourth-order valence-electron chi connectivity index (χ4n) is 3.80. The lowest BCUT2D eigenvalue weighted by Crippen LogP contribution is -2.33. The zero-order valence-electron chi connectivity index (χ0n) is 21.8. The molecule has 0 aromatic heterocycles. The van der Waals surface area contributed by atoms with E-state index in [0.717, 1.165) is 57.8 Å². The molecule has 0 fully saturated rings. The largest absolute Gasteiger partial charge is 0.462 e. The number of amides is 1. The van der Waals surface area contributed by atoms with Gasteiger partial charge in [-0.05, 0) is 44.9 Å². The van der Waals surface area contributed by atoms with Crippen molar-refractivity contribution < 1.29 is 37.5 Å². The maximum atomic E-state index is 12.1. The van der Waals surface area contributed by atoms with Crippen LogP contribution in [-0.4, -0.2) is 65.7 Å². The molecule has 0 aromatic rings. The van der Waals surface area contributed by atoms with E-state index in [9.17, 15) is 28.2 Å². The lowest BCUT2D eigenvalue weighted by Gasteiger charge is -2.19. The Morgan fingerprint density at radius 3 is 1.89 bits per heavy atom. The predicted octanol–water partition coefficient (Wildman–Crippen LogP) is 3.91. The summed E-state index contributed by atoms with van der Waals surface area (Å²) in [7, 11) is -4.16. The Morgan fingerprint density at radius 1 is 0.800 bits per heavy atom. The van der Waals surface area contributed by atoms with Crippen molar-refractivity contribution in [2.75, 3.05) is 12.3 Å². The molecule has 0 rings (SSSR count). The molecule has 3 atom stereocenters. The Balaban J connectivity index is 4.27. The van der Waals surface area contributed by atoms with Gasteiger partial charge in [-0.3, -0.25) is 14.1 Å². The summed E-state index contributed by atoms with van der Waals surface area (Å²) in [5.74, 6) is -1.41. The first-order valence-electron chi connectivity index (χ1n) is 13.3. The van der Waals surface area contributed by atoms with Gasteiger partial charge in [0.2, 0.25) is 5.91 Å². The molecule has 0 heterocycles. The number of unbranched alkanes of at least 4 members (excludes halogenated alkanes) is 5. The molecule has 0 spiro atoms. The third-order valence-electron chi connectivity index (χ3n) is 5.91. The first-order valence-corrected chi connectivity index (χ1v) is 15.0. The molecule has 0 saturated carbocycles. The zero-order chi connectivity index (χ0) is 26.5. The molecule has 1 amide bonds. The number of hydrogen-bond acceptors (Lipinski definition) is 7. The first-order chi connectivity index (χ1) is 16.6. The van der Waals surface area contributed by atoms with Crippen molar-refractivity contribution in [1.29, 1.82) is 0 Å². The highest BCUT2D eigenvalue weighted by atomic mass is 32.2. The Bertz CT molecular complexity index is 656. The van der Waals surface area contributed by atoms with Crippen LogP contribution in [0.2, 0.25) is 0 Å². The van der Waals surface area contributed by atoms with E-state index in [2.05, 4.69) is 12.2 Å². The van der Waals surface area contributed by atoms with Gasteiger partial charge in [0.15, 0.2) is 0 Å². The molecule has 0 bridgehead atoms. The molecule has 208 valence electrons. The van der Waals surface area contributed by atoms with Crippen molar-refractivity contribution in [3.63, 3.8) is 0 Å². The van der Waals surface area contributed by atoms with E-state index >= 15 is 0 Å². The van der Waals surface area contributed by atoms with Gasteiger partial charge >= 0.3 is 5.97 Å². The van der Waals surface area contributed by atoms with Crippen molar-refractivity contribution in [3.05, 3.63) is 0 Å². The average Bonchev–Trinajstić information content (AvgIpc) is 2.76. The molecule has 0 radical (unpaired) electrons. The minimum absolute atomic E-state index is 0.0972. The summed E-state index contributed by atoms with van der Waals surface area (Å²) in [6, 6.07) is 0.